The number of hydrogen-bond acceptors (Lipinski definition) is 3. The summed E-state index contributed by atoms with van der Waals surface area (Å²) in [6, 6.07) is 6.18. The number of rotatable bonds is 0. The van der Waals surface area contributed by atoms with Gasteiger partial charge in [0.1, 0.15) is 0 Å². The van der Waals surface area contributed by atoms with Gasteiger partial charge in [0.25, 0.3) is 0 Å². The Labute approximate surface area is 109 Å². The van der Waals surface area contributed by atoms with E-state index in [1.807, 2.05) is 4.72 Å². The molecule has 0 saturated heterocycles. The number of hydrogen-bond donors (Lipinski definition) is 1. The fraction of sp³-hybridized carbons (Fsp3) is 0.143. The van der Waals surface area contributed by atoms with Crippen LogP contribution in [0.15, 0.2) is 29.2 Å². The van der Waals surface area contributed by atoms with Crippen molar-refractivity contribution >= 4 is 10.0 Å². The molecule has 1 aliphatic rings. The van der Waals surface area contributed by atoms with Gasteiger partial charge in [-0.05, 0) is 17.9 Å². The maximum Gasteiger partial charge on any atom is 1.00 e. The number of fused-ring (bicyclic) bond motifs is 1. The zero-order chi connectivity index (χ0) is 8.77. The average Bonchev–Trinajstić information content (AvgIpc) is 2.25. The minimum absolute atomic E-state index is 0. The van der Waals surface area contributed by atoms with Crippen molar-refractivity contribution in [3.63, 3.8) is 0 Å². The van der Waals surface area contributed by atoms with Crippen molar-refractivity contribution in [1.82, 2.24) is 4.72 Å². The summed E-state index contributed by atoms with van der Waals surface area (Å²) in [5.41, 5.74) is 0.303. The Morgan fingerprint density at radius 2 is 1.73 bits per heavy atom. The second kappa shape index (κ2) is 5.92. The molecule has 1 unspecified atom stereocenters. The fourth-order valence-electron chi connectivity index (χ4n) is 1.21. The first-order valence-electron chi connectivity index (χ1n) is 3.38. The van der Waals surface area contributed by atoms with Crippen LogP contribution in [0.4, 0.5) is 0 Å². The summed E-state index contributed by atoms with van der Waals surface area (Å²) in [4.78, 5) is 0.102. The molecule has 8 heteroatoms. The molecular weight excluding hydrogens is 233 g/mol. The van der Waals surface area contributed by atoms with Crippen LogP contribution < -0.4 is 39.4 Å². The SMILES string of the molecule is O.O.O=S1(=O)NC([O-])c2ccccc21.[Na+]. The van der Waals surface area contributed by atoms with Gasteiger partial charge in [-0.25, -0.2) is 13.1 Å². The molecule has 0 bridgehead atoms. The second-order valence-electron chi connectivity index (χ2n) is 2.54. The molecule has 0 saturated carbocycles. The first-order valence-corrected chi connectivity index (χ1v) is 4.87. The van der Waals surface area contributed by atoms with Crippen LogP contribution >= 0.6 is 0 Å². The molecule has 0 aliphatic carbocycles. The number of nitrogens with one attached hydrogen (secondary N) is 1. The fourth-order valence-corrected chi connectivity index (χ4v) is 2.49. The van der Waals surface area contributed by atoms with Gasteiger partial charge in [0.05, 0.1) is 4.90 Å². The Morgan fingerprint density at radius 3 is 2.27 bits per heavy atom. The standard InChI is InChI=1S/C7H6NO3S.Na.2H2O/c9-7-5-3-1-2-4-6(5)12(10,11)8-7;;;/h1-4,7-8H;;2*1H2/q-1;+1;;. The van der Waals surface area contributed by atoms with Crippen molar-refractivity contribution in [2.24, 2.45) is 0 Å². The van der Waals surface area contributed by atoms with Gasteiger partial charge < -0.3 is 16.1 Å². The van der Waals surface area contributed by atoms with E-state index in [1.165, 1.54) is 12.1 Å². The Morgan fingerprint density at radius 1 is 1.20 bits per heavy atom. The molecule has 0 aromatic heterocycles. The normalized spacial score (nSPS) is 20.2. The average molecular weight is 243 g/mol. The van der Waals surface area contributed by atoms with E-state index in [2.05, 4.69) is 0 Å². The summed E-state index contributed by atoms with van der Waals surface area (Å²) in [5, 5.41) is 11.1. The summed E-state index contributed by atoms with van der Waals surface area (Å²) in [6.45, 7) is 0. The largest absolute Gasteiger partial charge is 1.00 e. The van der Waals surface area contributed by atoms with E-state index in [-0.39, 0.29) is 45.4 Å². The van der Waals surface area contributed by atoms with Crippen LogP contribution in [0.3, 0.4) is 0 Å². The van der Waals surface area contributed by atoms with E-state index >= 15 is 0 Å². The van der Waals surface area contributed by atoms with Crippen molar-refractivity contribution in [2.45, 2.75) is 11.1 Å². The first kappa shape index (κ1) is 17.4. The van der Waals surface area contributed by atoms with E-state index < -0.39 is 16.3 Å². The molecule has 0 radical (unpaired) electrons. The van der Waals surface area contributed by atoms with Gasteiger partial charge in [-0.3, -0.25) is 0 Å². The summed E-state index contributed by atoms with van der Waals surface area (Å²) in [5.74, 6) is 0. The van der Waals surface area contributed by atoms with Gasteiger partial charge >= 0.3 is 29.6 Å². The summed E-state index contributed by atoms with van der Waals surface area (Å²) in [7, 11) is -3.52. The molecule has 1 atom stereocenters. The van der Waals surface area contributed by atoms with Crippen molar-refractivity contribution in [1.29, 1.82) is 0 Å². The van der Waals surface area contributed by atoms with Gasteiger partial charge in [0.2, 0.25) is 10.0 Å². The van der Waals surface area contributed by atoms with Crippen LogP contribution in [0.5, 0.6) is 0 Å². The monoisotopic (exact) mass is 243 g/mol. The number of benzene rings is 1. The van der Waals surface area contributed by atoms with Gasteiger partial charge in [-0.15, -0.1) is 0 Å². The summed E-state index contributed by atoms with van der Waals surface area (Å²) < 4.78 is 24.3. The molecule has 1 heterocycles. The van der Waals surface area contributed by atoms with Gasteiger partial charge in [0.15, 0.2) is 0 Å². The molecule has 1 aromatic carbocycles. The molecule has 15 heavy (non-hydrogen) atoms. The van der Waals surface area contributed by atoms with Crippen LogP contribution in [0.1, 0.15) is 11.8 Å². The Bertz CT molecular complexity index is 421. The van der Waals surface area contributed by atoms with Crippen LogP contribution in [-0.4, -0.2) is 19.4 Å². The van der Waals surface area contributed by atoms with E-state index in [0.29, 0.717) is 5.56 Å². The molecule has 1 aromatic rings. The maximum absolute atomic E-state index is 11.2. The number of sulfonamides is 1. The molecule has 6 nitrogen and oxygen atoms in total. The first-order chi connectivity index (χ1) is 5.61. The Balaban J connectivity index is 0. The molecule has 80 valence electrons. The van der Waals surface area contributed by atoms with Crippen molar-refractivity contribution in [3.8, 4) is 0 Å². The van der Waals surface area contributed by atoms with Crippen LogP contribution in [0.25, 0.3) is 0 Å². The Kier molecular flexibility index (Phi) is 6.87. The van der Waals surface area contributed by atoms with Gasteiger partial charge in [-0.2, -0.15) is 0 Å². The second-order valence-corrected chi connectivity index (χ2v) is 4.22. The topological polar surface area (TPSA) is 132 Å². The van der Waals surface area contributed by atoms with Gasteiger partial charge in [0, 0.05) is 0 Å². The van der Waals surface area contributed by atoms with E-state index in [4.69, 9.17) is 0 Å². The van der Waals surface area contributed by atoms with Crippen molar-refractivity contribution in [2.75, 3.05) is 0 Å². The predicted molar refractivity (Wildman–Crippen MR) is 46.7 cm³/mol. The van der Waals surface area contributed by atoms with Gasteiger partial charge in [-0.1, -0.05) is 18.2 Å². The van der Waals surface area contributed by atoms with Crippen molar-refractivity contribution in [3.05, 3.63) is 29.8 Å². The smallest absolute Gasteiger partial charge is 0.836 e. The third kappa shape index (κ3) is 2.99. The molecule has 0 fully saturated rings. The van der Waals surface area contributed by atoms with E-state index in [0.717, 1.165) is 0 Å². The molecule has 1 aliphatic heterocycles. The van der Waals surface area contributed by atoms with E-state index in [1.54, 1.807) is 12.1 Å². The third-order valence-electron chi connectivity index (χ3n) is 1.75. The maximum atomic E-state index is 11.2. The minimum atomic E-state index is -3.52. The summed E-state index contributed by atoms with van der Waals surface area (Å²) >= 11 is 0. The molecule has 5 N–H and O–H groups in total. The molecule has 0 spiro atoms. The Hall–Kier alpha value is 0.01000. The predicted octanol–water partition coefficient (Wildman–Crippen LogP) is -5.31. The summed E-state index contributed by atoms with van der Waals surface area (Å²) in [6.07, 6.45) is -1.34. The zero-order valence-electron chi connectivity index (χ0n) is 8.02. The third-order valence-corrected chi connectivity index (χ3v) is 3.23. The van der Waals surface area contributed by atoms with Crippen LogP contribution in [-0.2, 0) is 10.0 Å². The molecular formula is C7H10NNaO5S. The molecule has 0 amide bonds. The van der Waals surface area contributed by atoms with Crippen LogP contribution in [0, 0.1) is 0 Å². The van der Waals surface area contributed by atoms with Crippen LogP contribution in [0.2, 0.25) is 0 Å². The van der Waals surface area contributed by atoms with Crippen molar-refractivity contribution < 1.29 is 54.0 Å². The zero-order valence-corrected chi connectivity index (χ0v) is 10.8. The molecule has 2 rings (SSSR count). The van der Waals surface area contributed by atoms with E-state index in [9.17, 15) is 13.5 Å². The quantitative estimate of drug-likeness (QED) is 0.456. The minimum Gasteiger partial charge on any atom is -0.836 e.